The number of rotatable bonds is 3. The van der Waals surface area contributed by atoms with E-state index in [0.717, 1.165) is 19.8 Å². The molecule has 2 heterocycles. The number of thiazole rings is 1. The van der Waals surface area contributed by atoms with Crippen LogP contribution >= 0.6 is 33.9 Å². The minimum absolute atomic E-state index is 0.110. The zero-order valence-corrected chi connectivity index (χ0v) is 12.3. The number of halogens is 1. The molecule has 0 N–H and O–H groups in total. The fraction of sp³-hybridized carbons (Fsp3) is 0.0769. The van der Waals surface area contributed by atoms with E-state index in [1.807, 2.05) is 46.4 Å². The van der Waals surface area contributed by atoms with Gasteiger partial charge in [-0.05, 0) is 34.7 Å². The summed E-state index contributed by atoms with van der Waals surface area (Å²) in [5.74, 6) is 0.110. The van der Waals surface area contributed by atoms with Crippen LogP contribution in [0.2, 0.25) is 0 Å². The number of imidazole rings is 1. The van der Waals surface area contributed by atoms with E-state index in [-0.39, 0.29) is 5.78 Å². The highest BCUT2D eigenvalue weighted by molar-refractivity contribution is 14.1. The second kappa shape index (κ2) is 4.81. The van der Waals surface area contributed by atoms with Crippen molar-refractivity contribution in [2.45, 2.75) is 6.42 Å². The van der Waals surface area contributed by atoms with E-state index in [4.69, 9.17) is 0 Å². The van der Waals surface area contributed by atoms with Crippen molar-refractivity contribution in [1.29, 1.82) is 0 Å². The monoisotopic (exact) mass is 368 g/mol. The zero-order chi connectivity index (χ0) is 12.5. The lowest BCUT2D eigenvalue weighted by molar-refractivity contribution is 0.0992. The molecule has 3 rings (SSSR count). The first-order chi connectivity index (χ1) is 8.72. The number of benzene rings is 1. The number of carbonyl (C=O) groups is 1. The number of nitrogens with zero attached hydrogens (tertiary/aromatic N) is 2. The molecule has 18 heavy (non-hydrogen) atoms. The van der Waals surface area contributed by atoms with Crippen molar-refractivity contribution in [3.63, 3.8) is 0 Å². The number of ketones is 1. The summed E-state index contributed by atoms with van der Waals surface area (Å²) in [6, 6.07) is 7.63. The normalized spacial score (nSPS) is 10.9. The summed E-state index contributed by atoms with van der Waals surface area (Å²) in [6.45, 7) is 0. The number of hydrogen-bond acceptors (Lipinski definition) is 3. The third kappa shape index (κ3) is 2.32. The van der Waals surface area contributed by atoms with Gasteiger partial charge in [-0.3, -0.25) is 9.20 Å². The smallest absolute Gasteiger partial charge is 0.193 e. The maximum atomic E-state index is 12.1. The largest absolute Gasteiger partial charge is 0.297 e. The average molecular weight is 368 g/mol. The molecule has 2 aromatic heterocycles. The fourth-order valence-corrected chi connectivity index (χ4v) is 3.05. The van der Waals surface area contributed by atoms with Crippen LogP contribution in [0.25, 0.3) is 4.96 Å². The highest BCUT2D eigenvalue weighted by Gasteiger charge is 2.10. The van der Waals surface area contributed by atoms with Gasteiger partial charge >= 0.3 is 0 Å². The van der Waals surface area contributed by atoms with Crippen molar-refractivity contribution in [1.82, 2.24) is 9.38 Å². The van der Waals surface area contributed by atoms with E-state index in [0.29, 0.717) is 6.42 Å². The highest BCUT2D eigenvalue weighted by Crippen LogP contribution is 2.14. The van der Waals surface area contributed by atoms with Crippen molar-refractivity contribution in [2.75, 3.05) is 0 Å². The van der Waals surface area contributed by atoms with E-state index in [9.17, 15) is 4.79 Å². The molecule has 0 fully saturated rings. The van der Waals surface area contributed by atoms with E-state index >= 15 is 0 Å². The molecule has 0 aliphatic rings. The second-order valence-electron chi connectivity index (χ2n) is 3.94. The van der Waals surface area contributed by atoms with Gasteiger partial charge in [0.2, 0.25) is 0 Å². The molecule has 90 valence electrons. The van der Waals surface area contributed by atoms with E-state index < -0.39 is 0 Å². The number of Topliss-reactive ketones (excluding diaryl/α,β-unsaturated/α-hetero) is 1. The van der Waals surface area contributed by atoms with Gasteiger partial charge in [0.1, 0.15) is 0 Å². The van der Waals surface area contributed by atoms with Gasteiger partial charge in [0, 0.05) is 26.9 Å². The quantitative estimate of drug-likeness (QED) is 0.525. The number of fused-ring (bicyclic) bond motifs is 1. The van der Waals surface area contributed by atoms with Crippen LogP contribution in [0.15, 0.2) is 42.0 Å². The maximum Gasteiger partial charge on any atom is 0.193 e. The summed E-state index contributed by atoms with van der Waals surface area (Å²) in [7, 11) is 0. The van der Waals surface area contributed by atoms with E-state index in [2.05, 4.69) is 27.6 Å². The van der Waals surface area contributed by atoms with Crippen LogP contribution in [0.1, 0.15) is 16.1 Å². The summed E-state index contributed by atoms with van der Waals surface area (Å²) >= 11 is 3.78. The molecule has 3 nitrogen and oxygen atoms in total. The summed E-state index contributed by atoms with van der Waals surface area (Å²) in [6.07, 6.45) is 4.22. The van der Waals surface area contributed by atoms with Crippen LogP contribution in [-0.2, 0) is 6.42 Å². The van der Waals surface area contributed by atoms with Crippen molar-refractivity contribution in [3.8, 4) is 0 Å². The summed E-state index contributed by atoms with van der Waals surface area (Å²) in [5, 5.41) is 1.98. The van der Waals surface area contributed by atoms with Gasteiger partial charge < -0.3 is 0 Å². The van der Waals surface area contributed by atoms with Crippen LogP contribution in [0.3, 0.4) is 0 Å². The molecule has 0 bridgehead atoms. The van der Waals surface area contributed by atoms with Crippen LogP contribution in [0.4, 0.5) is 0 Å². The Morgan fingerprint density at radius 2 is 2.33 bits per heavy atom. The predicted molar refractivity (Wildman–Crippen MR) is 80.3 cm³/mol. The summed E-state index contributed by atoms with van der Waals surface area (Å²) in [4.78, 5) is 17.5. The maximum absolute atomic E-state index is 12.1. The van der Waals surface area contributed by atoms with Crippen molar-refractivity contribution < 1.29 is 4.79 Å². The van der Waals surface area contributed by atoms with Gasteiger partial charge in [-0.25, -0.2) is 4.98 Å². The Balaban J connectivity index is 1.84. The van der Waals surface area contributed by atoms with Crippen LogP contribution < -0.4 is 0 Å². The molecule has 0 radical (unpaired) electrons. The number of carbonyl (C=O) groups excluding carboxylic acids is 1. The Morgan fingerprint density at radius 1 is 1.44 bits per heavy atom. The first-order valence-corrected chi connectivity index (χ1v) is 7.38. The van der Waals surface area contributed by atoms with Gasteiger partial charge in [-0.2, -0.15) is 0 Å². The molecule has 1 aromatic carbocycles. The molecule has 0 aliphatic carbocycles. The highest BCUT2D eigenvalue weighted by atomic mass is 127. The Labute approximate surface area is 122 Å². The Hall–Kier alpha value is -1.21. The second-order valence-corrected chi connectivity index (χ2v) is 6.05. The lowest BCUT2D eigenvalue weighted by Gasteiger charge is -1.99. The van der Waals surface area contributed by atoms with Crippen LogP contribution in [-0.4, -0.2) is 15.2 Å². The first kappa shape index (κ1) is 11.9. The molecule has 5 heteroatoms. The molecule has 0 unspecified atom stereocenters. The zero-order valence-electron chi connectivity index (χ0n) is 9.34. The SMILES string of the molecule is O=C(Cc1cn2ccsc2n1)c1cccc(I)c1. The fourth-order valence-electron chi connectivity index (χ4n) is 1.79. The number of aromatic nitrogens is 2. The molecule has 0 atom stereocenters. The summed E-state index contributed by atoms with van der Waals surface area (Å²) < 4.78 is 3.02. The van der Waals surface area contributed by atoms with E-state index in [1.54, 1.807) is 11.3 Å². The molecule has 3 aromatic rings. The van der Waals surface area contributed by atoms with Gasteiger partial charge in [0.25, 0.3) is 0 Å². The molecule has 0 amide bonds. The van der Waals surface area contributed by atoms with Gasteiger partial charge in [-0.1, -0.05) is 12.1 Å². The molecule has 0 aliphatic heterocycles. The van der Waals surface area contributed by atoms with Crippen molar-refractivity contribution in [2.24, 2.45) is 0 Å². The Kier molecular flexibility index (Phi) is 3.17. The number of hydrogen-bond donors (Lipinski definition) is 0. The standard InChI is InChI=1S/C13H9IN2OS/c14-10-3-1-2-9(6-10)12(17)7-11-8-16-4-5-18-13(16)15-11/h1-6,8H,7H2. The van der Waals surface area contributed by atoms with Gasteiger partial charge in [0.05, 0.1) is 12.1 Å². The molecule has 0 saturated carbocycles. The lowest BCUT2D eigenvalue weighted by atomic mass is 10.1. The summed E-state index contributed by atoms with van der Waals surface area (Å²) in [5.41, 5.74) is 1.57. The Morgan fingerprint density at radius 3 is 3.11 bits per heavy atom. The lowest BCUT2D eigenvalue weighted by Crippen LogP contribution is -2.03. The van der Waals surface area contributed by atoms with Crippen LogP contribution in [0, 0.1) is 3.57 Å². The molecular weight excluding hydrogens is 359 g/mol. The van der Waals surface area contributed by atoms with Crippen molar-refractivity contribution >= 4 is 44.7 Å². The van der Waals surface area contributed by atoms with Gasteiger partial charge in [0.15, 0.2) is 10.7 Å². The topological polar surface area (TPSA) is 34.4 Å². The minimum atomic E-state index is 0.110. The third-order valence-electron chi connectivity index (χ3n) is 2.63. The molecule has 0 saturated heterocycles. The van der Waals surface area contributed by atoms with Crippen LogP contribution in [0.5, 0.6) is 0 Å². The first-order valence-electron chi connectivity index (χ1n) is 5.42. The van der Waals surface area contributed by atoms with E-state index in [1.165, 1.54) is 0 Å². The molecule has 0 spiro atoms. The molecular formula is C13H9IN2OS. The predicted octanol–water partition coefficient (Wildman–Crippen LogP) is 3.43. The van der Waals surface area contributed by atoms with Crippen molar-refractivity contribution in [3.05, 3.63) is 56.9 Å². The Bertz CT molecular complexity index is 688. The van der Waals surface area contributed by atoms with Gasteiger partial charge in [-0.15, -0.1) is 11.3 Å². The minimum Gasteiger partial charge on any atom is -0.297 e. The average Bonchev–Trinajstić information content (AvgIpc) is 2.89. The third-order valence-corrected chi connectivity index (χ3v) is 4.07.